The van der Waals surface area contributed by atoms with Crippen molar-refractivity contribution in [3.05, 3.63) is 48.9 Å². The first-order chi connectivity index (χ1) is 16.0. The molecule has 3 aromatic rings. The van der Waals surface area contributed by atoms with Crippen LogP contribution in [0.5, 0.6) is 11.6 Å². The zero-order chi connectivity index (χ0) is 22.9. The Hall–Kier alpha value is -3.30. The highest BCUT2D eigenvalue weighted by Gasteiger charge is 2.42. The standard InChI is InChI=1S/C24H26FN5O3/c1-30(20-9-16-12-33-13-19(29-16)24(20)25)22-11-27-18(10-28-22)17-4-3-14(7-21(17)31)15-5-6-26-23(8-15)32-2/h3-8,10-11,16,19-20,24,29,31H,9,12-13H2,1-2H3/t16?,19?,20-,24+/m0/s1. The number of phenols is 1. The Morgan fingerprint density at radius 2 is 1.97 bits per heavy atom. The zero-order valence-corrected chi connectivity index (χ0v) is 18.5. The van der Waals surface area contributed by atoms with Crippen LogP contribution in [0.1, 0.15) is 6.42 Å². The van der Waals surface area contributed by atoms with Crippen molar-refractivity contribution in [2.45, 2.75) is 30.7 Å². The fourth-order valence-corrected chi connectivity index (χ4v) is 4.56. The van der Waals surface area contributed by atoms with E-state index in [1.54, 1.807) is 43.9 Å². The molecule has 1 aromatic carbocycles. The number of aromatic hydroxyl groups is 1. The zero-order valence-electron chi connectivity index (χ0n) is 18.5. The maximum Gasteiger partial charge on any atom is 0.213 e. The normalized spacial score (nSPS) is 24.3. The van der Waals surface area contributed by atoms with Gasteiger partial charge in [0.1, 0.15) is 17.7 Å². The van der Waals surface area contributed by atoms with Crippen LogP contribution in [0.25, 0.3) is 22.4 Å². The topological polar surface area (TPSA) is 92.6 Å². The number of ether oxygens (including phenoxy) is 2. The number of rotatable bonds is 5. The SMILES string of the molecule is COc1cc(-c2ccc(-c3cnc(N(C)[C@H]4CC5COCC(N5)[C@H]4F)cn3)c(O)c2)ccn1. The molecule has 4 atom stereocenters. The lowest BCUT2D eigenvalue weighted by Crippen LogP contribution is -2.65. The molecule has 4 heterocycles. The minimum absolute atomic E-state index is 0.0914. The van der Waals surface area contributed by atoms with E-state index >= 15 is 4.39 Å². The van der Waals surface area contributed by atoms with Crippen LogP contribution in [0.4, 0.5) is 10.2 Å². The van der Waals surface area contributed by atoms with E-state index in [1.807, 2.05) is 24.1 Å². The van der Waals surface area contributed by atoms with Crippen LogP contribution < -0.4 is 15.0 Å². The Kier molecular flexibility index (Phi) is 5.82. The van der Waals surface area contributed by atoms with Crippen LogP contribution >= 0.6 is 0 Å². The third-order valence-corrected chi connectivity index (χ3v) is 6.39. The molecular formula is C24H26FN5O3. The first kappa shape index (κ1) is 21.5. The van der Waals surface area contributed by atoms with Crippen molar-refractivity contribution in [3.63, 3.8) is 0 Å². The number of pyridine rings is 1. The maximum absolute atomic E-state index is 15.0. The maximum atomic E-state index is 15.0. The molecule has 2 aromatic heterocycles. The summed E-state index contributed by atoms with van der Waals surface area (Å²) in [7, 11) is 3.41. The molecule has 2 aliphatic rings. The molecule has 0 saturated carbocycles. The van der Waals surface area contributed by atoms with Crippen LogP contribution in [0.2, 0.25) is 0 Å². The Morgan fingerprint density at radius 1 is 1.12 bits per heavy atom. The summed E-state index contributed by atoms with van der Waals surface area (Å²) in [5, 5.41) is 13.9. The Morgan fingerprint density at radius 3 is 2.73 bits per heavy atom. The summed E-state index contributed by atoms with van der Waals surface area (Å²) in [5.41, 5.74) is 2.81. The van der Waals surface area contributed by atoms with E-state index in [4.69, 9.17) is 9.47 Å². The third kappa shape index (κ3) is 4.21. The fourth-order valence-electron chi connectivity index (χ4n) is 4.56. The smallest absolute Gasteiger partial charge is 0.213 e. The molecule has 5 rings (SSSR count). The summed E-state index contributed by atoms with van der Waals surface area (Å²) in [4.78, 5) is 15.0. The van der Waals surface area contributed by atoms with Gasteiger partial charge in [-0.3, -0.25) is 4.98 Å². The second-order valence-electron chi connectivity index (χ2n) is 8.44. The number of aromatic nitrogens is 3. The van der Waals surface area contributed by atoms with Crippen molar-refractivity contribution in [2.75, 3.05) is 32.3 Å². The number of halogens is 1. The Bertz CT molecular complexity index is 1130. The molecule has 0 amide bonds. The Balaban J connectivity index is 1.35. The number of fused-ring (bicyclic) bond motifs is 2. The average Bonchev–Trinajstić information content (AvgIpc) is 2.86. The van der Waals surface area contributed by atoms with Gasteiger partial charge in [0.2, 0.25) is 5.88 Å². The number of morpholine rings is 1. The van der Waals surface area contributed by atoms with Crippen molar-refractivity contribution in [3.8, 4) is 34.0 Å². The van der Waals surface area contributed by atoms with Crippen molar-refractivity contribution in [1.82, 2.24) is 20.3 Å². The number of phenolic OH excluding ortho intramolecular Hbond substituents is 1. The molecule has 2 N–H and O–H groups in total. The van der Waals surface area contributed by atoms with Gasteiger partial charge in [0.25, 0.3) is 0 Å². The lowest BCUT2D eigenvalue weighted by atomic mass is 9.90. The molecule has 2 unspecified atom stereocenters. The highest BCUT2D eigenvalue weighted by atomic mass is 19.1. The number of alkyl halides is 1. The van der Waals surface area contributed by atoms with Gasteiger partial charge in [0.15, 0.2) is 0 Å². The van der Waals surface area contributed by atoms with Crippen molar-refractivity contribution in [2.24, 2.45) is 0 Å². The van der Waals surface area contributed by atoms with E-state index in [9.17, 15) is 5.11 Å². The van der Waals surface area contributed by atoms with Gasteiger partial charge in [-0.05, 0) is 35.7 Å². The number of anilines is 1. The monoisotopic (exact) mass is 451 g/mol. The number of nitrogens with one attached hydrogen (secondary N) is 1. The van der Waals surface area contributed by atoms with Crippen LogP contribution in [-0.4, -0.2) is 71.7 Å². The molecular weight excluding hydrogens is 425 g/mol. The second kappa shape index (κ2) is 8.92. The van der Waals surface area contributed by atoms with Crippen molar-refractivity contribution >= 4 is 5.82 Å². The number of methoxy groups -OCH3 is 1. The van der Waals surface area contributed by atoms with Crippen LogP contribution in [-0.2, 0) is 4.74 Å². The number of hydrogen-bond acceptors (Lipinski definition) is 8. The molecule has 9 heteroatoms. The first-order valence-electron chi connectivity index (χ1n) is 10.9. The van der Waals surface area contributed by atoms with E-state index in [0.717, 1.165) is 11.1 Å². The van der Waals surface area contributed by atoms with Crippen molar-refractivity contribution < 1.29 is 19.0 Å². The molecule has 0 aliphatic carbocycles. The van der Waals surface area contributed by atoms with Gasteiger partial charge in [-0.25, -0.2) is 14.4 Å². The summed E-state index contributed by atoms with van der Waals surface area (Å²) in [6.07, 6.45) is 4.46. The average molecular weight is 452 g/mol. The minimum atomic E-state index is -1.06. The lowest BCUT2D eigenvalue weighted by molar-refractivity contribution is -0.0175. The summed E-state index contributed by atoms with van der Waals surface area (Å²) < 4.78 is 25.7. The van der Waals surface area contributed by atoms with Gasteiger partial charge in [0.05, 0.1) is 50.5 Å². The van der Waals surface area contributed by atoms with E-state index in [2.05, 4.69) is 20.3 Å². The van der Waals surface area contributed by atoms with Gasteiger partial charge in [-0.1, -0.05) is 6.07 Å². The number of benzene rings is 1. The molecule has 172 valence electrons. The lowest BCUT2D eigenvalue weighted by Gasteiger charge is -2.45. The quantitative estimate of drug-likeness (QED) is 0.612. The van der Waals surface area contributed by atoms with Gasteiger partial charge >= 0.3 is 0 Å². The van der Waals surface area contributed by atoms with E-state index in [0.29, 0.717) is 42.6 Å². The molecule has 2 saturated heterocycles. The molecule has 0 spiro atoms. The fraction of sp³-hybridized carbons (Fsp3) is 0.375. The predicted molar refractivity (Wildman–Crippen MR) is 122 cm³/mol. The summed E-state index contributed by atoms with van der Waals surface area (Å²) in [5.74, 6) is 1.18. The van der Waals surface area contributed by atoms with Gasteiger partial charge in [-0.2, -0.15) is 0 Å². The predicted octanol–water partition coefficient (Wildman–Crippen LogP) is 2.82. The van der Waals surface area contributed by atoms with Gasteiger partial charge in [0, 0.05) is 30.9 Å². The van der Waals surface area contributed by atoms with Crippen LogP contribution in [0.15, 0.2) is 48.9 Å². The first-order valence-corrected chi connectivity index (χ1v) is 10.9. The number of nitrogens with zero attached hydrogens (tertiary/aromatic N) is 4. The molecule has 8 nitrogen and oxygen atoms in total. The van der Waals surface area contributed by atoms with E-state index < -0.39 is 6.17 Å². The largest absolute Gasteiger partial charge is 0.507 e. The molecule has 2 fully saturated rings. The number of hydrogen-bond donors (Lipinski definition) is 2. The molecule has 2 bridgehead atoms. The summed E-state index contributed by atoms with van der Waals surface area (Å²) in [6.45, 7) is 0.980. The van der Waals surface area contributed by atoms with Crippen molar-refractivity contribution in [1.29, 1.82) is 0 Å². The van der Waals surface area contributed by atoms with E-state index in [1.165, 1.54) is 0 Å². The second-order valence-corrected chi connectivity index (χ2v) is 8.44. The summed E-state index contributed by atoms with van der Waals surface area (Å²) in [6, 6.07) is 8.58. The third-order valence-electron chi connectivity index (χ3n) is 6.39. The van der Waals surface area contributed by atoms with E-state index in [-0.39, 0.29) is 23.9 Å². The minimum Gasteiger partial charge on any atom is -0.507 e. The summed E-state index contributed by atoms with van der Waals surface area (Å²) >= 11 is 0. The molecule has 0 radical (unpaired) electrons. The van der Waals surface area contributed by atoms with Crippen LogP contribution in [0.3, 0.4) is 0 Å². The Labute approximate surface area is 191 Å². The molecule has 2 aliphatic heterocycles. The molecule has 33 heavy (non-hydrogen) atoms. The number of piperidine rings is 1. The van der Waals surface area contributed by atoms with Gasteiger partial charge in [-0.15, -0.1) is 0 Å². The van der Waals surface area contributed by atoms with Gasteiger partial charge < -0.3 is 24.8 Å². The highest BCUT2D eigenvalue weighted by Crippen LogP contribution is 2.34. The van der Waals surface area contributed by atoms with Crippen LogP contribution in [0, 0.1) is 0 Å². The highest BCUT2D eigenvalue weighted by molar-refractivity contribution is 5.74.